The van der Waals surface area contributed by atoms with Crippen LogP contribution in [-0.2, 0) is 10.2 Å². The molecule has 0 spiro atoms. The molecule has 19 heavy (non-hydrogen) atoms. The Morgan fingerprint density at radius 1 is 1.21 bits per heavy atom. The average Bonchev–Trinajstić information content (AvgIpc) is 2.27. The minimum atomic E-state index is -0.406. The van der Waals surface area contributed by atoms with Crippen molar-refractivity contribution in [2.24, 2.45) is 11.7 Å². The molecule has 0 bridgehead atoms. The van der Waals surface area contributed by atoms with Crippen molar-refractivity contribution in [1.29, 1.82) is 0 Å². The van der Waals surface area contributed by atoms with E-state index in [1.807, 2.05) is 12.1 Å². The minimum absolute atomic E-state index is 0.117. The smallest absolute Gasteiger partial charge is 0.239 e. The molecule has 3 heteroatoms. The van der Waals surface area contributed by atoms with Gasteiger partial charge in [-0.2, -0.15) is 0 Å². The fraction of sp³-hybridized carbons (Fsp3) is 0.562. The molecule has 1 amide bonds. The third-order valence-electron chi connectivity index (χ3n) is 3.12. The molecular weight excluding hydrogens is 236 g/mol. The van der Waals surface area contributed by atoms with Gasteiger partial charge in [0, 0.05) is 0 Å². The molecule has 0 fully saturated rings. The van der Waals surface area contributed by atoms with Crippen LogP contribution < -0.4 is 11.1 Å². The van der Waals surface area contributed by atoms with Crippen LogP contribution in [0, 0.1) is 5.92 Å². The van der Waals surface area contributed by atoms with Gasteiger partial charge in [0.15, 0.2) is 0 Å². The molecule has 3 nitrogen and oxygen atoms in total. The van der Waals surface area contributed by atoms with E-state index in [1.54, 1.807) is 0 Å². The van der Waals surface area contributed by atoms with Crippen molar-refractivity contribution >= 4 is 5.91 Å². The topological polar surface area (TPSA) is 55.1 Å². The minimum Gasteiger partial charge on any atom is -0.368 e. The van der Waals surface area contributed by atoms with Crippen LogP contribution in [-0.4, -0.2) is 12.5 Å². The van der Waals surface area contributed by atoms with Crippen LogP contribution in [0.25, 0.3) is 0 Å². The van der Waals surface area contributed by atoms with Crippen molar-refractivity contribution in [3.05, 3.63) is 35.4 Å². The van der Waals surface area contributed by atoms with Gasteiger partial charge in [0.25, 0.3) is 0 Å². The number of carbonyl (C=O) groups excluding carboxylic acids is 1. The van der Waals surface area contributed by atoms with Gasteiger partial charge in [-0.1, -0.05) is 58.9 Å². The molecule has 106 valence electrons. The van der Waals surface area contributed by atoms with Crippen molar-refractivity contribution in [2.75, 3.05) is 6.54 Å². The lowest BCUT2D eigenvalue weighted by Gasteiger charge is -2.21. The van der Waals surface area contributed by atoms with Crippen molar-refractivity contribution < 1.29 is 4.79 Å². The Morgan fingerprint density at radius 3 is 2.11 bits per heavy atom. The number of nitrogens with two attached hydrogens (primary N) is 1. The average molecular weight is 262 g/mol. The predicted octanol–water partition coefficient (Wildman–Crippen LogP) is 2.76. The third-order valence-corrected chi connectivity index (χ3v) is 3.12. The summed E-state index contributed by atoms with van der Waals surface area (Å²) in [5.41, 5.74) is 7.78. The highest BCUT2D eigenvalue weighted by Gasteiger charge is 2.19. The zero-order valence-corrected chi connectivity index (χ0v) is 12.7. The van der Waals surface area contributed by atoms with Crippen molar-refractivity contribution in [1.82, 2.24) is 5.32 Å². The molecule has 0 aliphatic rings. The number of amides is 1. The quantitative estimate of drug-likeness (QED) is 0.857. The summed E-state index contributed by atoms with van der Waals surface area (Å²) in [4.78, 5) is 11.6. The van der Waals surface area contributed by atoms with Gasteiger partial charge >= 0.3 is 0 Å². The molecule has 0 saturated carbocycles. The molecule has 3 N–H and O–H groups in total. The van der Waals surface area contributed by atoms with Gasteiger partial charge in [0.2, 0.25) is 5.91 Å². The van der Waals surface area contributed by atoms with Gasteiger partial charge < -0.3 is 11.1 Å². The van der Waals surface area contributed by atoms with E-state index in [-0.39, 0.29) is 11.3 Å². The highest BCUT2D eigenvalue weighted by Crippen LogP contribution is 2.24. The number of carbonyl (C=O) groups is 1. The summed E-state index contributed by atoms with van der Waals surface area (Å²) in [5.74, 6) is 0.153. The molecule has 0 aromatic heterocycles. The number of hydrogen-bond acceptors (Lipinski definition) is 2. The Balaban J connectivity index is 2.89. The monoisotopic (exact) mass is 262 g/mol. The van der Waals surface area contributed by atoms with E-state index in [1.165, 1.54) is 5.56 Å². The standard InChI is InChI=1S/C16H26N2O/c1-11(2)10-18-14(15(17)19)12-6-8-13(9-7-12)16(3,4)5/h6-9,11,14,18H,10H2,1-5H3,(H2,17,19). The first-order valence-electron chi connectivity index (χ1n) is 6.85. The van der Waals surface area contributed by atoms with Crippen LogP contribution in [0.4, 0.5) is 0 Å². The molecule has 0 aliphatic carbocycles. The van der Waals surface area contributed by atoms with Gasteiger partial charge in [-0.25, -0.2) is 0 Å². The van der Waals surface area contributed by atoms with Gasteiger partial charge in [-0.05, 0) is 29.0 Å². The highest BCUT2D eigenvalue weighted by atomic mass is 16.1. The van der Waals surface area contributed by atoms with E-state index in [2.05, 4.69) is 52.1 Å². The molecule has 0 saturated heterocycles. The first-order valence-corrected chi connectivity index (χ1v) is 6.85. The first kappa shape index (κ1) is 15.7. The van der Waals surface area contributed by atoms with Crippen LogP contribution in [0.2, 0.25) is 0 Å². The van der Waals surface area contributed by atoms with Gasteiger partial charge in [0.1, 0.15) is 6.04 Å². The van der Waals surface area contributed by atoms with Crippen LogP contribution >= 0.6 is 0 Å². The summed E-state index contributed by atoms with van der Waals surface area (Å²) in [6, 6.07) is 7.72. The second kappa shape index (κ2) is 6.20. The molecule has 1 atom stereocenters. The molecule has 1 aromatic rings. The molecule has 1 rings (SSSR count). The maximum absolute atomic E-state index is 11.6. The Kier molecular flexibility index (Phi) is 5.12. The van der Waals surface area contributed by atoms with Crippen molar-refractivity contribution in [3.63, 3.8) is 0 Å². The van der Waals surface area contributed by atoms with Crippen LogP contribution in [0.5, 0.6) is 0 Å². The molecule has 1 aromatic carbocycles. The Labute approximate surface area is 116 Å². The van der Waals surface area contributed by atoms with Crippen LogP contribution in [0.1, 0.15) is 51.8 Å². The van der Waals surface area contributed by atoms with E-state index in [0.29, 0.717) is 5.92 Å². The second-order valence-corrected chi connectivity index (χ2v) is 6.51. The number of primary amides is 1. The summed E-state index contributed by atoms with van der Waals surface area (Å²) < 4.78 is 0. The zero-order chi connectivity index (χ0) is 14.6. The predicted molar refractivity (Wildman–Crippen MR) is 79.9 cm³/mol. The maximum atomic E-state index is 11.6. The van der Waals surface area contributed by atoms with Crippen molar-refractivity contribution in [3.8, 4) is 0 Å². The highest BCUT2D eigenvalue weighted by molar-refractivity contribution is 5.81. The number of nitrogens with one attached hydrogen (secondary N) is 1. The van der Waals surface area contributed by atoms with Gasteiger partial charge in [0.05, 0.1) is 0 Å². The lowest BCUT2D eigenvalue weighted by molar-refractivity contribution is -0.120. The summed E-state index contributed by atoms with van der Waals surface area (Å²) in [7, 11) is 0. The van der Waals surface area contributed by atoms with E-state index in [0.717, 1.165) is 12.1 Å². The lowest BCUT2D eigenvalue weighted by Crippen LogP contribution is -2.35. The van der Waals surface area contributed by atoms with E-state index in [4.69, 9.17) is 5.73 Å². The van der Waals surface area contributed by atoms with Crippen LogP contribution in [0.15, 0.2) is 24.3 Å². The largest absolute Gasteiger partial charge is 0.368 e. The first-order chi connectivity index (χ1) is 8.71. The van der Waals surface area contributed by atoms with Crippen molar-refractivity contribution in [2.45, 2.75) is 46.1 Å². The fourth-order valence-corrected chi connectivity index (χ4v) is 1.91. The molecular formula is C16H26N2O. The summed E-state index contributed by atoms with van der Waals surface area (Å²) in [6.45, 7) is 11.5. The van der Waals surface area contributed by atoms with Gasteiger partial charge in [-0.3, -0.25) is 4.79 Å². The summed E-state index contributed by atoms with van der Waals surface area (Å²) in [6.07, 6.45) is 0. The number of benzene rings is 1. The fourth-order valence-electron chi connectivity index (χ4n) is 1.91. The Hall–Kier alpha value is -1.35. The summed E-state index contributed by atoms with van der Waals surface area (Å²) in [5, 5.41) is 3.22. The normalized spacial score (nSPS) is 13.6. The lowest BCUT2D eigenvalue weighted by atomic mass is 9.86. The molecule has 0 aliphatic heterocycles. The van der Waals surface area contributed by atoms with E-state index >= 15 is 0 Å². The van der Waals surface area contributed by atoms with E-state index in [9.17, 15) is 4.79 Å². The second-order valence-electron chi connectivity index (χ2n) is 6.51. The van der Waals surface area contributed by atoms with Gasteiger partial charge in [-0.15, -0.1) is 0 Å². The zero-order valence-electron chi connectivity index (χ0n) is 12.7. The molecule has 0 heterocycles. The number of rotatable bonds is 5. The Bertz CT molecular complexity index is 415. The SMILES string of the molecule is CC(C)CNC(C(N)=O)c1ccc(C(C)(C)C)cc1. The third kappa shape index (κ3) is 4.67. The molecule has 1 unspecified atom stereocenters. The number of hydrogen-bond donors (Lipinski definition) is 2. The Morgan fingerprint density at radius 2 is 1.74 bits per heavy atom. The maximum Gasteiger partial charge on any atom is 0.239 e. The van der Waals surface area contributed by atoms with E-state index < -0.39 is 6.04 Å². The molecule has 0 radical (unpaired) electrons. The van der Waals surface area contributed by atoms with Crippen LogP contribution in [0.3, 0.4) is 0 Å². The summed E-state index contributed by atoms with van der Waals surface area (Å²) >= 11 is 0.